The predicted octanol–water partition coefficient (Wildman–Crippen LogP) is 8.08. The fourth-order valence-corrected chi connectivity index (χ4v) is 5.54. The van der Waals surface area contributed by atoms with Crippen LogP contribution in [-0.2, 0) is 11.3 Å². The molecular weight excluding hydrogens is 545 g/mol. The van der Waals surface area contributed by atoms with Gasteiger partial charge in [-0.25, -0.2) is 9.18 Å². The summed E-state index contributed by atoms with van der Waals surface area (Å²) in [5.74, 6) is -0.0717. The molecule has 8 heteroatoms. The first-order valence-corrected chi connectivity index (χ1v) is 14.0. The predicted molar refractivity (Wildman–Crippen MR) is 165 cm³/mol. The molecule has 0 spiro atoms. The number of H-pyrrole nitrogens is 1. The highest BCUT2D eigenvalue weighted by atomic mass is 19.1. The van der Waals surface area contributed by atoms with Gasteiger partial charge in [0.05, 0.1) is 7.11 Å². The molecule has 2 heterocycles. The van der Waals surface area contributed by atoms with Crippen molar-refractivity contribution < 1.29 is 23.5 Å². The van der Waals surface area contributed by atoms with E-state index in [1.807, 2.05) is 81.4 Å². The van der Waals surface area contributed by atoms with E-state index >= 15 is 0 Å². The zero-order valence-electron chi connectivity index (χ0n) is 24.4. The van der Waals surface area contributed by atoms with Crippen LogP contribution in [0.4, 0.5) is 14.9 Å². The van der Waals surface area contributed by atoms with Crippen molar-refractivity contribution in [2.24, 2.45) is 0 Å². The SMILES string of the molecule is COc1ccc(F)cc1[C@H](c1cc2ccccc2[nH]1)N1Cc2ccc(-c3ccc(NC(=O)OC(C)(C)C)cc3)cc2C1=O. The molecule has 2 amide bonds. The van der Waals surface area contributed by atoms with E-state index in [1.54, 1.807) is 30.2 Å². The summed E-state index contributed by atoms with van der Waals surface area (Å²) in [6.45, 7) is 5.78. The molecule has 1 atom stereocenters. The summed E-state index contributed by atoms with van der Waals surface area (Å²) in [7, 11) is 1.54. The van der Waals surface area contributed by atoms with E-state index in [4.69, 9.17) is 9.47 Å². The number of para-hydroxylation sites is 1. The summed E-state index contributed by atoms with van der Waals surface area (Å²) in [5, 5.41) is 3.73. The number of carbonyl (C=O) groups is 2. The Morgan fingerprint density at radius 3 is 2.42 bits per heavy atom. The van der Waals surface area contributed by atoms with E-state index < -0.39 is 23.6 Å². The number of aromatic nitrogens is 1. The molecule has 7 nitrogen and oxygen atoms in total. The number of methoxy groups -OCH3 is 1. The molecule has 0 aliphatic carbocycles. The lowest BCUT2D eigenvalue weighted by molar-refractivity contribution is 0.0635. The smallest absolute Gasteiger partial charge is 0.412 e. The minimum Gasteiger partial charge on any atom is -0.496 e. The highest BCUT2D eigenvalue weighted by Crippen LogP contribution is 2.41. The minimum absolute atomic E-state index is 0.157. The number of carbonyl (C=O) groups excluding carboxylic acids is 2. The molecule has 1 aliphatic rings. The molecule has 0 radical (unpaired) electrons. The number of nitrogens with one attached hydrogen (secondary N) is 2. The largest absolute Gasteiger partial charge is 0.496 e. The van der Waals surface area contributed by atoms with Crippen molar-refractivity contribution in [3.8, 4) is 16.9 Å². The Bertz CT molecular complexity index is 1810. The maximum absolute atomic E-state index is 14.6. The van der Waals surface area contributed by atoms with Crippen LogP contribution in [0.2, 0.25) is 0 Å². The summed E-state index contributed by atoms with van der Waals surface area (Å²) >= 11 is 0. The molecule has 6 rings (SSSR count). The van der Waals surface area contributed by atoms with Crippen LogP contribution in [0.15, 0.2) is 91.0 Å². The summed E-state index contributed by atoms with van der Waals surface area (Å²) in [4.78, 5) is 31.4. The van der Waals surface area contributed by atoms with Crippen LogP contribution in [0.3, 0.4) is 0 Å². The second kappa shape index (κ2) is 10.9. The third kappa shape index (κ3) is 5.68. The number of hydrogen-bond donors (Lipinski definition) is 2. The van der Waals surface area contributed by atoms with Crippen molar-refractivity contribution in [2.45, 2.75) is 39.0 Å². The molecule has 5 aromatic rings. The van der Waals surface area contributed by atoms with Gasteiger partial charge in [-0.2, -0.15) is 0 Å². The maximum Gasteiger partial charge on any atom is 0.412 e. The highest BCUT2D eigenvalue weighted by Gasteiger charge is 2.37. The Hall–Kier alpha value is -5.11. The number of anilines is 1. The van der Waals surface area contributed by atoms with Crippen molar-refractivity contribution in [1.29, 1.82) is 0 Å². The molecular formula is C35H32FN3O4. The Kier molecular flexibility index (Phi) is 7.13. The number of ether oxygens (including phenoxy) is 2. The monoisotopic (exact) mass is 577 g/mol. The van der Waals surface area contributed by atoms with Crippen LogP contribution < -0.4 is 10.1 Å². The molecule has 0 saturated carbocycles. The van der Waals surface area contributed by atoms with E-state index in [9.17, 15) is 14.0 Å². The van der Waals surface area contributed by atoms with Gasteiger partial charge in [0, 0.05) is 34.6 Å². The van der Waals surface area contributed by atoms with Crippen molar-refractivity contribution in [2.75, 3.05) is 12.4 Å². The fraction of sp³-hybridized carbons (Fsp3) is 0.200. The Morgan fingerprint density at radius 2 is 1.70 bits per heavy atom. The Balaban J connectivity index is 1.32. The van der Waals surface area contributed by atoms with Crippen molar-refractivity contribution in [3.05, 3.63) is 119 Å². The van der Waals surface area contributed by atoms with Gasteiger partial charge in [0.25, 0.3) is 5.91 Å². The number of aromatic amines is 1. The second-order valence-corrected chi connectivity index (χ2v) is 11.6. The van der Waals surface area contributed by atoms with Gasteiger partial charge in [-0.15, -0.1) is 0 Å². The number of amides is 2. The number of rotatable bonds is 6. The lowest BCUT2D eigenvalue weighted by Gasteiger charge is -2.29. The van der Waals surface area contributed by atoms with Gasteiger partial charge in [0.2, 0.25) is 0 Å². The van der Waals surface area contributed by atoms with Gasteiger partial charge < -0.3 is 19.4 Å². The summed E-state index contributed by atoms with van der Waals surface area (Å²) in [5.41, 5.74) is 5.48. The lowest BCUT2D eigenvalue weighted by Crippen LogP contribution is -2.30. The summed E-state index contributed by atoms with van der Waals surface area (Å²) in [6.07, 6.45) is -0.525. The maximum atomic E-state index is 14.6. The molecule has 43 heavy (non-hydrogen) atoms. The first kappa shape index (κ1) is 28.0. The van der Waals surface area contributed by atoms with Crippen LogP contribution in [0, 0.1) is 5.82 Å². The molecule has 4 aromatic carbocycles. The number of fused-ring (bicyclic) bond motifs is 2. The Morgan fingerprint density at radius 1 is 0.953 bits per heavy atom. The molecule has 218 valence electrons. The van der Waals surface area contributed by atoms with Crippen LogP contribution >= 0.6 is 0 Å². The molecule has 0 saturated heterocycles. The Labute approximate surface area is 249 Å². The van der Waals surface area contributed by atoms with Crippen molar-refractivity contribution >= 4 is 28.6 Å². The van der Waals surface area contributed by atoms with Gasteiger partial charge in [-0.05, 0) is 91.4 Å². The number of hydrogen-bond acceptors (Lipinski definition) is 4. The van der Waals surface area contributed by atoms with E-state index in [0.717, 1.165) is 33.3 Å². The van der Waals surface area contributed by atoms with Gasteiger partial charge in [-0.3, -0.25) is 10.1 Å². The van der Waals surface area contributed by atoms with Crippen LogP contribution in [-0.4, -0.2) is 34.6 Å². The number of benzene rings is 4. The van der Waals surface area contributed by atoms with Gasteiger partial charge in [0.15, 0.2) is 0 Å². The van der Waals surface area contributed by atoms with Gasteiger partial charge in [0.1, 0.15) is 23.2 Å². The summed E-state index contributed by atoms with van der Waals surface area (Å²) < 4.78 is 25.6. The molecule has 0 fully saturated rings. The first-order valence-electron chi connectivity index (χ1n) is 14.0. The van der Waals surface area contributed by atoms with Gasteiger partial charge >= 0.3 is 6.09 Å². The van der Waals surface area contributed by atoms with E-state index in [0.29, 0.717) is 29.1 Å². The third-order valence-electron chi connectivity index (χ3n) is 7.45. The molecule has 0 unspecified atom stereocenters. The zero-order valence-corrected chi connectivity index (χ0v) is 24.4. The molecule has 1 aliphatic heterocycles. The van der Waals surface area contributed by atoms with Crippen LogP contribution in [0.25, 0.3) is 22.0 Å². The van der Waals surface area contributed by atoms with Gasteiger partial charge in [-0.1, -0.05) is 42.5 Å². The van der Waals surface area contributed by atoms with Crippen molar-refractivity contribution in [1.82, 2.24) is 9.88 Å². The van der Waals surface area contributed by atoms with Crippen LogP contribution in [0.1, 0.15) is 54.0 Å². The molecule has 1 aromatic heterocycles. The fourth-order valence-electron chi connectivity index (χ4n) is 5.54. The third-order valence-corrected chi connectivity index (χ3v) is 7.45. The average Bonchev–Trinajstić information content (AvgIpc) is 3.53. The van der Waals surface area contributed by atoms with E-state index in [2.05, 4.69) is 10.3 Å². The van der Waals surface area contributed by atoms with E-state index in [-0.39, 0.29) is 5.91 Å². The highest BCUT2D eigenvalue weighted by molar-refractivity contribution is 6.00. The first-order chi connectivity index (χ1) is 20.6. The molecule has 0 bridgehead atoms. The number of nitrogens with zero attached hydrogens (tertiary/aromatic N) is 1. The quantitative estimate of drug-likeness (QED) is 0.214. The average molecular weight is 578 g/mol. The standard InChI is InChI=1S/C35H32FN3O4/c1-35(2,3)43-34(41)37-26-14-11-21(12-15-26)22-9-10-24-20-39(33(40)27(24)17-22)32(28-19-25(36)13-16-31(28)42-4)30-18-23-7-5-6-8-29(23)38-30/h5-19,32,38H,20H2,1-4H3,(H,37,41)/t32-/m1/s1. The minimum atomic E-state index is -0.611. The van der Waals surface area contributed by atoms with E-state index in [1.165, 1.54) is 12.1 Å². The zero-order chi connectivity index (χ0) is 30.3. The lowest BCUT2D eigenvalue weighted by atomic mass is 10.00. The van der Waals surface area contributed by atoms with Crippen LogP contribution in [0.5, 0.6) is 5.75 Å². The van der Waals surface area contributed by atoms with Crippen molar-refractivity contribution in [3.63, 3.8) is 0 Å². The molecule has 2 N–H and O–H groups in total. The summed E-state index contributed by atoms with van der Waals surface area (Å²) in [6, 6.07) is 26.8. The topological polar surface area (TPSA) is 83.7 Å². The normalized spacial score (nSPS) is 13.6. The number of halogens is 1. The second-order valence-electron chi connectivity index (χ2n) is 11.6.